The zero-order valence-corrected chi connectivity index (χ0v) is 13.3. The molecule has 1 fully saturated rings. The third kappa shape index (κ3) is 3.41. The molecule has 0 saturated carbocycles. The molecule has 1 N–H and O–H groups in total. The first-order chi connectivity index (χ1) is 10.3. The second-order valence-corrected chi connectivity index (χ2v) is 6.57. The highest BCUT2D eigenvalue weighted by molar-refractivity contribution is 5.38. The molecule has 2 aliphatic heterocycles. The summed E-state index contributed by atoms with van der Waals surface area (Å²) in [6.07, 6.45) is 3.69. The van der Waals surface area contributed by atoms with E-state index in [0.29, 0.717) is 18.0 Å². The molecule has 0 radical (unpaired) electrons. The van der Waals surface area contributed by atoms with E-state index in [2.05, 4.69) is 48.3 Å². The van der Waals surface area contributed by atoms with Crippen LogP contribution in [0, 0.1) is 0 Å². The van der Waals surface area contributed by atoms with E-state index in [4.69, 9.17) is 4.74 Å². The van der Waals surface area contributed by atoms with Crippen molar-refractivity contribution in [2.24, 2.45) is 0 Å². The maximum atomic E-state index is 5.80. The van der Waals surface area contributed by atoms with Crippen molar-refractivity contribution in [3.8, 4) is 5.75 Å². The summed E-state index contributed by atoms with van der Waals surface area (Å²) in [7, 11) is 0. The second kappa shape index (κ2) is 6.80. The molecular weight excluding hydrogens is 260 g/mol. The van der Waals surface area contributed by atoms with Gasteiger partial charge in [0.05, 0.1) is 6.61 Å². The van der Waals surface area contributed by atoms with E-state index in [1.54, 1.807) is 0 Å². The van der Waals surface area contributed by atoms with Gasteiger partial charge in [-0.05, 0) is 31.4 Å². The summed E-state index contributed by atoms with van der Waals surface area (Å²) in [5.41, 5.74) is 1.40. The molecule has 3 nitrogen and oxygen atoms in total. The molecule has 1 aromatic carbocycles. The highest BCUT2D eigenvalue weighted by Gasteiger charge is 2.29. The van der Waals surface area contributed by atoms with Gasteiger partial charge in [-0.3, -0.25) is 4.90 Å². The van der Waals surface area contributed by atoms with Crippen LogP contribution in [0.2, 0.25) is 0 Å². The maximum Gasteiger partial charge on any atom is 0.122 e. The number of hydrogen-bond donors (Lipinski definition) is 1. The maximum absolute atomic E-state index is 5.80. The standard InChI is InChI=1S/C18H28N2O/c1-3-6-16-13-20(14(2)11-19-16)12-15-9-10-21-18-8-5-4-7-17(15)18/h4-5,7-8,14-16,19H,3,6,9-13H2,1-2H3. The van der Waals surface area contributed by atoms with Crippen LogP contribution in [0.1, 0.15) is 44.6 Å². The van der Waals surface area contributed by atoms with Gasteiger partial charge in [0.1, 0.15) is 5.75 Å². The van der Waals surface area contributed by atoms with E-state index in [1.807, 2.05) is 0 Å². The number of benzene rings is 1. The summed E-state index contributed by atoms with van der Waals surface area (Å²) in [4.78, 5) is 2.68. The van der Waals surface area contributed by atoms with Crippen molar-refractivity contribution in [3.63, 3.8) is 0 Å². The Morgan fingerprint density at radius 2 is 2.19 bits per heavy atom. The number of piperazine rings is 1. The van der Waals surface area contributed by atoms with Gasteiger partial charge < -0.3 is 10.1 Å². The summed E-state index contributed by atoms with van der Waals surface area (Å²) in [5.74, 6) is 1.72. The molecule has 0 amide bonds. The Balaban J connectivity index is 1.68. The molecule has 116 valence electrons. The lowest BCUT2D eigenvalue weighted by Crippen LogP contribution is -2.56. The molecule has 0 aliphatic carbocycles. The molecule has 3 atom stereocenters. The molecule has 0 spiro atoms. The van der Waals surface area contributed by atoms with Gasteiger partial charge in [-0.1, -0.05) is 31.5 Å². The van der Waals surface area contributed by atoms with Gasteiger partial charge in [-0.15, -0.1) is 0 Å². The summed E-state index contributed by atoms with van der Waals surface area (Å²) >= 11 is 0. The second-order valence-electron chi connectivity index (χ2n) is 6.57. The molecule has 1 aromatic rings. The third-order valence-corrected chi connectivity index (χ3v) is 4.95. The first-order valence-corrected chi connectivity index (χ1v) is 8.47. The normalized spacial score (nSPS) is 29.7. The number of ether oxygens (including phenoxy) is 1. The van der Waals surface area contributed by atoms with E-state index >= 15 is 0 Å². The molecule has 0 bridgehead atoms. The molecule has 3 rings (SSSR count). The van der Waals surface area contributed by atoms with Crippen LogP contribution in [-0.4, -0.2) is 43.2 Å². The smallest absolute Gasteiger partial charge is 0.122 e. The minimum Gasteiger partial charge on any atom is -0.493 e. The van der Waals surface area contributed by atoms with Crippen LogP contribution >= 0.6 is 0 Å². The minimum absolute atomic E-state index is 0.623. The Morgan fingerprint density at radius 3 is 3.05 bits per heavy atom. The molecular formula is C18H28N2O. The molecule has 2 aliphatic rings. The van der Waals surface area contributed by atoms with Gasteiger partial charge in [-0.25, -0.2) is 0 Å². The lowest BCUT2D eigenvalue weighted by molar-refractivity contribution is 0.119. The zero-order valence-electron chi connectivity index (χ0n) is 13.3. The fraction of sp³-hybridized carbons (Fsp3) is 0.667. The van der Waals surface area contributed by atoms with Crippen molar-refractivity contribution >= 4 is 0 Å². The predicted molar refractivity (Wildman–Crippen MR) is 87.0 cm³/mol. The van der Waals surface area contributed by atoms with Crippen LogP contribution in [0.4, 0.5) is 0 Å². The Labute approximate surface area is 128 Å². The van der Waals surface area contributed by atoms with Crippen molar-refractivity contribution < 1.29 is 4.74 Å². The van der Waals surface area contributed by atoms with Crippen LogP contribution in [0.5, 0.6) is 5.75 Å². The van der Waals surface area contributed by atoms with Crippen LogP contribution in [0.25, 0.3) is 0 Å². The SMILES string of the molecule is CCCC1CN(CC2CCOc3ccccc32)C(C)CN1. The first-order valence-electron chi connectivity index (χ1n) is 8.47. The van der Waals surface area contributed by atoms with Crippen molar-refractivity contribution in [2.75, 3.05) is 26.2 Å². The lowest BCUT2D eigenvalue weighted by atomic mass is 9.91. The Kier molecular flexibility index (Phi) is 4.81. The largest absolute Gasteiger partial charge is 0.493 e. The number of rotatable bonds is 4. The Morgan fingerprint density at radius 1 is 1.33 bits per heavy atom. The lowest BCUT2D eigenvalue weighted by Gasteiger charge is -2.41. The van der Waals surface area contributed by atoms with Crippen molar-refractivity contribution in [1.82, 2.24) is 10.2 Å². The molecule has 1 saturated heterocycles. The number of para-hydroxylation sites is 1. The van der Waals surface area contributed by atoms with E-state index in [9.17, 15) is 0 Å². The molecule has 0 aromatic heterocycles. The predicted octanol–water partition coefficient (Wildman–Crippen LogP) is 3.02. The van der Waals surface area contributed by atoms with E-state index in [0.717, 1.165) is 25.3 Å². The van der Waals surface area contributed by atoms with Gasteiger partial charge in [0.25, 0.3) is 0 Å². The number of nitrogens with zero attached hydrogens (tertiary/aromatic N) is 1. The van der Waals surface area contributed by atoms with Crippen LogP contribution in [-0.2, 0) is 0 Å². The monoisotopic (exact) mass is 288 g/mol. The summed E-state index contributed by atoms with van der Waals surface area (Å²) in [5, 5.41) is 3.69. The summed E-state index contributed by atoms with van der Waals surface area (Å²) < 4.78 is 5.80. The van der Waals surface area contributed by atoms with Gasteiger partial charge in [0.2, 0.25) is 0 Å². The van der Waals surface area contributed by atoms with E-state index in [1.165, 1.54) is 31.5 Å². The highest BCUT2D eigenvalue weighted by atomic mass is 16.5. The zero-order chi connectivity index (χ0) is 14.7. The van der Waals surface area contributed by atoms with E-state index < -0.39 is 0 Å². The van der Waals surface area contributed by atoms with Crippen molar-refractivity contribution in [1.29, 1.82) is 0 Å². The number of nitrogens with one attached hydrogen (secondary N) is 1. The Bertz CT molecular complexity index is 462. The quantitative estimate of drug-likeness (QED) is 0.922. The summed E-state index contributed by atoms with van der Waals surface area (Å²) in [6, 6.07) is 9.88. The molecule has 21 heavy (non-hydrogen) atoms. The molecule has 3 heteroatoms. The fourth-order valence-corrected chi connectivity index (χ4v) is 3.68. The van der Waals surface area contributed by atoms with Crippen LogP contribution in [0.3, 0.4) is 0 Å². The van der Waals surface area contributed by atoms with Crippen LogP contribution in [0.15, 0.2) is 24.3 Å². The average Bonchev–Trinajstić information content (AvgIpc) is 2.51. The number of fused-ring (bicyclic) bond motifs is 1. The van der Waals surface area contributed by atoms with Gasteiger partial charge in [0, 0.05) is 37.6 Å². The van der Waals surface area contributed by atoms with Crippen molar-refractivity contribution in [3.05, 3.63) is 29.8 Å². The van der Waals surface area contributed by atoms with Crippen LogP contribution < -0.4 is 10.1 Å². The highest BCUT2D eigenvalue weighted by Crippen LogP contribution is 2.34. The topological polar surface area (TPSA) is 24.5 Å². The average molecular weight is 288 g/mol. The molecule has 3 unspecified atom stereocenters. The fourth-order valence-electron chi connectivity index (χ4n) is 3.68. The van der Waals surface area contributed by atoms with E-state index in [-0.39, 0.29) is 0 Å². The van der Waals surface area contributed by atoms with Crippen molar-refractivity contribution in [2.45, 2.75) is 51.1 Å². The van der Waals surface area contributed by atoms with Gasteiger partial charge in [-0.2, -0.15) is 0 Å². The van der Waals surface area contributed by atoms with Gasteiger partial charge >= 0.3 is 0 Å². The summed E-state index contributed by atoms with van der Waals surface area (Å²) in [6.45, 7) is 8.97. The first kappa shape index (κ1) is 14.9. The molecule has 2 heterocycles. The number of hydrogen-bond acceptors (Lipinski definition) is 3. The third-order valence-electron chi connectivity index (χ3n) is 4.95. The minimum atomic E-state index is 0.623. The van der Waals surface area contributed by atoms with Gasteiger partial charge in [0.15, 0.2) is 0 Å². The Hall–Kier alpha value is -1.06.